The second-order valence-corrected chi connectivity index (χ2v) is 12.9. The second kappa shape index (κ2) is 9.57. The summed E-state index contributed by atoms with van der Waals surface area (Å²) in [6.07, 6.45) is 1.76. The molecular formula is C20H25N3O6S3. The highest BCUT2D eigenvalue weighted by molar-refractivity contribution is 7.91. The van der Waals surface area contributed by atoms with Gasteiger partial charge in [0.1, 0.15) is 4.21 Å². The molecule has 0 radical (unpaired) electrons. The highest BCUT2D eigenvalue weighted by Crippen LogP contribution is 2.26. The van der Waals surface area contributed by atoms with E-state index in [1.165, 1.54) is 26.8 Å². The summed E-state index contributed by atoms with van der Waals surface area (Å²) in [5, 5.41) is 2.73. The Morgan fingerprint density at radius 3 is 2.16 bits per heavy atom. The van der Waals surface area contributed by atoms with Gasteiger partial charge in [0, 0.05) is 36.7 Å². The van der Waals surface area contributed by atoms with Crippen LogP contribution in [0.2, 0.25) is 0 Å². The van der Waals surface area contributed by atoms with Crippen molar-refractivity contribution in [3.63, 3.8) is 0 Å². The van der Waals surface area contributed by atoms with Gasteiger partial charge in [0.05, 0.1) is 24.5 Å². The molecular weight excluding hydrogens is 474 g/mol. The van der Waals surface area contributed by atoms with Crippen molar-refractivity contribution in [3.8, 4) is 0 Å². The Morgan fingerprint density at radius 2 is 1.50 bits per heavy atom. The number of thiophene rings is 1. The van der Waals surface area contributed by atoms with Crippen LogP contribution in [0.15, 0.2) is 45.5 Å². The molecule has 3 heterocycles. The van der Waals surface area contributed by atoms with E-state index in [0.717, 1.165) is 24.2 Å². The second-order valence-electron chi connectivity index (χ2n) is 7.60. The number of benzene rings is 1. The van der Waals surface area contributed by atoms with E-state index in [1.54, 1.807) is 18.2 Å². The molecule has 0 aliphatic carbocycles. The maximum atomic E-state index is 12.7. The van der Waals surface area contributed by atoms with E-state index in [1.807, 2.05) is 0 Å². The van der Waals surface area contributed by atoms with Crippen LogP contribution in [0.4, 0.5) is 5.69 Å². The van der Waals surface area contributed by atoms with E-state index in [0.29, 0.717) is 50.0 Å². The van der Waals surface area contributed by atoms with E-state index in [9.17, 15) is 21.6 Å². The molecule has 174 valence electrons. The summed E-state index contributed by atoms with van der Waals surface area (Å²) in [5.74, 6) is -0.308. The van der Waals surface area contributed by atoms with Gasteiger partial charge in [-0.3, -0.25) is 4.79 Å². The molecule has 2 aliphatic rings. The monoisotopic (exact) mass is 499 g/mol. The Balaban J connectivity index is 1.37. The minimum absolute atomic E-state index is 0.0249. The Morgan fingerprint density at radius 1 is 0.875 bits per heavy atom. The minimum Gasteiger partial charge on any atom is -0.379 e. The summed E-state index contributed by atoms with van der Waals surface area (Å²) in [4.78, 5) is 13.3. The molecule has 2 fully saturated rings. The molecule has 32 heavy (non-hydrogen) atoms. The van der Waals surface area contributed by atoms with Crippen LogP contribution in [0, 0.1) is 0 Å². The Labute approximate surface area is 192 Å². The lowest BCUT2D eigenvalue weighted by molar-refractivity contribution is -0.115. The molecule has 0 bridgehead atoms. The van der Waals surface area contributed by atoms with Crippen LogP contribution in [0.3, 0.4) is 0 Å². The first-order valence-corrected chi connectivity index (χ1v) is 14.0. The lowest BCUT2D eigenvalue weighted by atomic mass is 10.3. The molecule has 2 aliphatic heterocycles. The van der Waals surface area contributed by atoms with Crippen LogP contribution in [0.5, 0.6) is 0 Å². The number of nitrogens with one attached hydrogen (secondary N) is 1. The first kappa shape index (κ1) is 23.3. The fraction of sp³-hybridized carbons (Fsp3) is 0.450. The van der Waals surface area contributed by atoms with Crippen molar-refractivity contribution in [1.29, 1.82) is 0 Å². The number of nitrogens with zero attached hydrogens (tertiary/aromatic N) is 2. The molecule has 1 aromatic heterocycles. The zero-order valence-electron chi connectivity index (χ0n) is 17.4. The largest absolute Gasteiger partial charge is 0.379 e. The van der Waals surface area contributed by atoms with Crippen LogP contribution in [0.25, 0.3) is 0 Å². The molecule has 2 aromatic rings. The van der Waals surface area contributed by atoms with Gasteiger partial charge < -0.3 is 10.1 Å². The summed E-state index contributed by atoms with van der Waals surface area (Å²) in [5.41, 5.74) is 0.480. The zero-order chi connectivity index (χ0) is 22.8. The number of carbonyl (C=O) groups is 1. The van der Waals surface area contributed by atoms with Gasteiger partial charge >= 0.3 is 0 Å². The molecule has 2 saturated heterocycles. The summed E-state index contributed by atoms with van der Waals surface area (Å²) in [7, 11) is -7.08. The number of rotatable bonds is 7. The van der Waals surface area contributed by atoms with Gasteiger partial charge in [-0.05, 0) is 49.2 Å². The Kier molecular flexibility index (Phi) is 6.98. The predicted octanol–water partition coefficient (Wildman–Crippen LogP) is 1.73. The fourth-order valence-corrected chi connectivity index (χ4v) is 8.09. The third-order valence-corrected chi connectivity index (χ3v) is 10.7. The quantitative estimate of drug-likeness (QED) is 0.621. The fourth-order valence-electron chi connectivity index (χ4n) is 3.66. The summed E-state index contributed by atoms with van der Waals surface area (Å²) in [6, 6.07) is 9.26. The summed E-state index contributed by atoms with van der Waals surface area (Å²) in [6.45, 7) is 2.45. The number of sulfonamides is 2. The van der Waals surface area contributed by atoms with E-state index in [2.05, 4.69) is 5.32 Å². The zero-order valence-corrected chi connectivity index (χ0v) is 19.8. The molecule has 1 N–H and O–H groups in total. The van der Waals surface area contributed by atoms with Crippen molar-refractivity contribution in [3.05, 3.63) is 41.3 Å². The molecule has 4 rings (SSSR count). The SMILES string of the molecule is O=C(Cc1ccc(S(=O)(=O)N2CCOCC2)s1)Nc1ccc(S(=O)(=O)N2CCCC2)cc1. The van der Waals surface area contributed by atoms with E-state index in [-0.39, 0.29) is 21.4 Å². The number of anilines is 1. The van der Waals surface area contributed by atoms with Gasteiger partial charge in [0.15, 0.2) is 0 Å². The van der Waals surface area contributed by atoms with E-state index in [4.69, 9.17) is 4.74 Å². The average molecular weight is 500 g/mol. The third-order valence-electron chi connectivity index (χ3n) is 5.38. The minimum atomic E-state index is -3.58. The lowest BCUT2D eigenvalue weighted by Gasteiger charge is -2.25. The number of ether oxygens (including phenoxy) is 1. The highest BCUT2D eigenvalue weighted by Gasteiger charge is 2.28. The number of morpholine rings is 1. The number of hydrogen-bond donors (Lipinski definition) is 1. The van der Waals surface area contributed by atoms with E-state index >= 15 is 0 Å². The third kappa shape index (κ3) is 5.05. The molecule has 0 atom stereocenters. The molecule has 12 heteroatoms. The van der Waals surface area contributed by atoms with E-state index < -0.39 is 20.0 Å². The normalized spacial score (nSPS) is 18.6. The first-order valence-electron chi connectivity index (χ1n) is 10.3. The van der Waals surface area contributed by atoms with Gasteiger partial charge in [-0.2, -0.15) is 8.61 Å². The molecule has 9 nitrogen and oxygen atoms in total. The summed E-state index contributed by atoms with van der Waals surface area (Å²) >= 11 is 1.08. The van der Waals surface area contributed by atoms with Crippen molar-refractivity contribution < 1.29 is 26.4 Å². The van der Waals surface area contributed by atoms with Crippen molar-refractivity contribution in [2.75, 3.05) is 44.7 Å². The predicted molar refractivity (Wildman–Crippen MR) is 121 cm³/mol. The Hall–Kier alpha value is -1.83. The number of carbonyl (C=O) groups excluding carboxylic acids is 1. The number of amides is 1. The first-order chi connectivity index (χ1) is 15.3. The maximum Gasteiger partial charge on any atom is 0.252 e. The lowest BCUT2D eigenvalue weighted by Crippen LogP contribution is -2.40. The van der Waals surface area contributed by atoms with Crippen molar-refractivity contribution in [2.45, 2.75) is 28.4 Å². The van der Waals surface area contributed by atoms with Crippen molar-refractivity contribution in [2.24, 2.45) is 0 Å². The van der Waals surface area contributed by atoms with Crippen LogP contribution in [-0.4, -0.2) is 70.7 Å². The van der Waals surface area contributed by atoms with Crippen LogP contribution in [0.1, 0.15) is 17.7 Å². The number of hydrogen-bond acceptors (Lipinski definition) is 7. The highest BCUT2D eigenvalue weighted by atomic mass is 32.2. The topological polar surface area (TPSA) is 113 Å². The van der Waals surface area contributed by atoms with Gasteiger partial charge in [0.2, 0.25) is 15.9 Å². The van der Waals surface area contributed by atoms with Gasteiger partial charge in [-0.15, -0.1) is 11.3 Å². The van der Waals surface area contributed by atoms with Gasteiger partial charge in [-0.1, -0.05) is 0 Å². The van der Waals surface area contributed by atoms with Crippen LogP contribution < -0.4 is 5.32 Å². The van der Waals surface area contributed by atoms with Crippen molar-refractivity contribution in [1.82, 2.24) is 8.61 Å². The molecule has 1 amide bonds. The standard InChI is InChI=1S/C20H25N3O6S3/c24-19(15-17-5-8-20(30-17)32(27,28)23-11-13-29-14-12-23)21-16-3-6-18(7-4-16)31(25,26)22-9-1-2-10-22/h3-8H,1-2,9-15H2,(H,21,24). The maximum absolute atomic E-state index is 12.7. The van der Waals surface area contributed by atoms with Crippen LogP contribution >= 0.6 is 11.3 Å². The van der Waals surface area contributed by atoms with Crippen LogP contribution in [-0.2, 0) is 36.0 Å². The molecule has 0 saturated carbocycles. The Bertz CT molecular complexity index is 1160. The average Bonchev–Trinajstić information content (AvgIpc) is 3.48. The van der Waals surface area contributed by atoms with Gasteiger partial charge in [0.25, 0.3) is 10.0 Å². The molecule has 0 spiro atoms. The molecule has 0 unspecified atom stereocenters. The molecule has 1 aromatic carbocycles. The van der Waals surface area contributed by atoms with Gasteiger partial charge in [-0.25, -0.2) is 16.8 Å². The summed E-state index contributed by atoms with van der Waals surface area (Å²) < 4.78 is 58.9. The van der Waals surface area contributed by atoms with Crippen molar-refractivity contribution >= 4 is 43.0 Å². The smallest absolute Gasteiger partial charge is 0.252 e.